The molecule has 0 saturated carbocycles. The number of nitrogens with one attached hydrogen (secondary N) is 1. The number of carbonyl (C=O) groups is 1. The van der Waals surface area contributed by atoms with Crippen molar-refractivity contribution in [3.8, 4) is 5.75 Å². The number of aryl methyl sites for hydroxylation is 1. The molecule has 1 saturated heterocycles. The first-order chi connectivity index (χ1) is 12.0. The predicted molar refractivity (Wildman–Crippen MR) is 105 cm³/mol. The van der Waals surface area contributed by atoms with Crippen molar-refractivity contribution in [2.24, 2.45) is 4.99 Å². The summed E-state index contributed by atoms with van der Waals surface area (Å²) in [6.45, 7) is 1.96. The van der Waals surface area contributed by atoms with Crippen LogP contribution in [0, 0.1) is 6.92 Å². The van der Waals surface area contributed by atoms with Crippen LogP contribution in [-0.2, 0) is 4.79 Å². The monoisotopic (exact) mass is 392 g/mol. The van der Waals surface area contributed by atoms with Gasteiger partial charge in [0.05, 0.1) is 27.7 Å². The molecule has 1 amide bonds. The van der Waals surface area contributed by atoms with E-state index in [2.05, 4.69) is 10.3 Å². The highest BCUT2D eigenvalue weighted by Crippen LogP contribution is 2.34. The molecule has 1 aliphatic heterocycles. The zero-order valence-electron chi connectivity index (χ0n) is 13.5. The lowest BCUT2D eigenvalue weighted by atomic mass is 10.1. The van der Waals surface area contributed by atoms with Crippen molar-refractivity contribution in [1.82, 2.24) is 5.32 Å². The maximum Gasteiger partial charge on any atom is 0.264 e. The molecule has 1 N–H and O–H groups in total. The summed E-state index contributed by atoms with van der Waals surface area (Å²) >= 11 is 13.4. The van der Waals surface area contributed by atoms with Crippen molar-refractivity contribution in [3.63, 3.8) is 0 Å². The van der Waals surface area contributed by atoms with Crippen LogP contribution in [0.3, 0.4) is 0 Å². The summed E-state index contributed by atoms with van der Waals surface area (Å²) in [6, 6.07) is 10.9. The normalized spacial score (nSPS) is 17.2. The Labute approximate surface area is 159 Å². The molecule has 2 aromatic carbocycles. The highest BCUT2D eigenvalue weighted by Gasteiger charge is 2.24. The molecule has 2 aromatic rings. The van der Waals surface area contributed by atoms with Gasteiger partial charge in [0.25, 0.3) is 5.91 Å². The molecule has 1 heterocycles. The van der Waals surface area contributed by atoms with Gasteiger partial charge in [-0.2, -0.15) is 0 Å². The van der Waals surface area contributed by atoms with Crippen molar-refractivity contribution in [2.75, 3.05) is 7.11 Å². The molecule has 0 aliphatic carbocycles. The molecule has 4 nitrogen and oxygen atoms in total. The second-order valence-corrected chi connectivity index (χ2v) is 7.10. The lowest BCUT2D eigenvalue weighted by molar-refractivity contribution is -0.115. The number of halogens is 2. The van der Waals surface area contributed by atoms with E-state index < -0.39 is 0 Å². The number of carbonyl (C=O) groups excluding carboxylic acids is 1. The highest BCUT2D eigenvalue weighted by molar-refractivity contribution is 8.18. The Morgan fingerprint density at radius 2 is 2.04 bits per heavy atom. The largest absolute Gasteiger partial charge is 0.496 e. The van der Waals surface area contributed by atoms with E-state index in [0.717, 1.165) is 16.9 Å². The summed E-state index contributed by atoms with van der Waals surface area (Å²) < 4.78 is 5.25. The van der Waals surface area contributed by atoms with Crippen LogP contribution in [0.5, 0.6) is 5.75 Å². The number of rotatable bonds is 3. The number of amides is 1. The average Bonchev–Trinajstić information content (AvgIpc) is 2.91. The molecular formula is C18H14Cl2N2O2S. The number of aliphatic imine (C=N–C) groups is 1. The van der Waals surface area contributed by atoms with Crippen molar-refractivity contribution in [3.05, 3.63) is 62.5 Å². The Bertz CT molecular complexity index is 910. The van der Waals surface area contributed by atoms with E-state index in [9.17, 15) is 4.79 Å². The zero-order valence-corrected chi connectivity index (χ0v) is 15.8. The minimum Gasteiger partial charge on any atom is -0.496 e. The number of benzene rings is 2. The van der Waals surface area contributed by atoms with Crippen LogP contribution in [0.2, 0.25) is 10.0 Å². The summed E-state index contributed by atoms with van der Waals surface area (Å²) in [5, 5.41) is 3.97. The fraction of sp³-hybridized carbons (Fsp3) is 0.111. The smallest absolute Gasteiger partial charge is 0.264 e. The van der Waals surface area contributed by atoms with Gasteiger partial charge in [-0.15, -0.1) is 0 Å². The van der Waals surface area contributed by atoms with Gasteiger partial charge in [-0.05, 0) is 60.2 Å². The van der Waals surface area contributed by atoms with Crippen LogP contribution < -0.4 is 10.1 Å². The molecule has 128 valence electrons. The van der Waals surface area contributed by atoms with E-state index >= 15 is 0 Å². The second-order valence-electron chi connectivity index (χ2n) is 5.28. The van der Waals surface area contributed by atoms with E-state index in [1.807, 2.05) is 31.2 Å². The zero-order chi connectivity index (χ0) is 18.0. The van der Waals surface area contributed by atoms with Crippen LogP contribution in [0.1, 0.15) is 11.1 Å². The number of thioether (sulfide) groups is 1. The summed E-state index contributed by atoms with van der Waals surface area (Å²) in [7, 11) is 1.63. The molecule has 7 heteroatoms. The Balaban J connectivity index is 1.86. The molecule has 0 aromatic heterocycles. The number of hydrogen-bond donors (Lipinski definition) is 1. The number of nitrogens with zero attached hydrogens (tertiary/aromatic N) is 1. The van der Waals surface area contributed by atoms with Crippen LogP contribution in [0.15, 0.2) is 46.3 Å². The van der Waals surface area contributed by atoms with E-state index in [1.54, 1.807) is 25.3 Å². The van der Waals surface area contributed by atoms with Crippen molar-refractivity contribution in [1.29, 1.82) is 0 Å². The summed E-state index contributed by atoms with van der Waals surface area (Å²) in [5.41, 5.74) is 2.43. The molecule has 0 radical (unpaired) electrons. The lowest BCUT2D eigenvalue weighted by Gasteiger charge is -2.04. The third-order valence-electron chi connectivity index (χ3n) is 3.52. The van der Waals surface area contributed by atoms with Gasteiger partial charge in [0.15, 0.2) is 5.17 Å². The molecule has 0 spiro atoms. The minimum atomic E-state index is -0.199. The van der Waals surface area contributed by atoms with E-state index in [-0.39, 0.29) is 5.91 Å². The second kappa shape index (κ2) is 7.52. The highest BCUT2D eigenvalue weighted by atomic mass is 35.5. The maximum atomic E-state index is 12.2. The number of hydrogen-bond acceptors (Lipinski definition) is 4. The van der Waals surface area contributed by atoms with Crippen LogP contribution in [-0.4, -0.2) is 18.2 Å². The number of ether oxygens (including phenoxy) is 1. The van der Waals surface area contributed by atoms with E-state index in [4.69, 9.17) is 27.9 Å². The first-order valence-electron chi connectivity index (χ1n) is 7.36. The van der Waals surface area contributed by atoms with Crippen LogP contribution >= 0.6 is 35.0 Å². The van der Waals surface area contributed by atoms with E-state index in [0.29, 0.717) is 25.8 Å². The molecule has 1 fully saturated rings. The van der Waals surface area contributed by atoms with Crippen molar-refractivity contribution < 1.29 is 9.53 Å². The lowest BCUT2D eigenvalue weighted by Crippen LogP contribution is -2.19. The first kappa shape index (κ1) is 17.9. The number of amidine groups is 1. The van der Waals surface area contributed by atoms with Gasteiger partial charge >= 0.3 is 0 Å². The van der Waals surface area contributed by atoms with Gasteiger partial charge in [-0.1, -0.05) is 35.3 Å². The molecule has 3 rings (SSSR count). The standard InChI is InChI=1S/C18H14Cl2N2O2S/c1-10-8-11(6-7-14(10)24-2)9-15-17(23)22-18(25-15)21-13-5-3-4-12(19)16(13)20/h3-9H,1-2H3,(H,21,22,23)/b15-9-. The quantitative estimate of drug-likeness (QED) is 0.729. The SMILES string of the molecule is COc1ccc(/C=C2\SC(=Nc3cccc(Cl)c3Cl)NC2=O)cc1C. The third-order valence-corrected chi connectivity index (χ3v) is 5.24. The number of methoxy groups -OCH3 is 1. The topological polar surface area (TPSA) is 50.7 Å². The summed E-state index contributed by atoms with van der Waals surface area (Å²) in [5.74, 6) is 0.610. The van der Waals surface area contributed by atoms with Gasteiger partial charge in [0.1, 0.15) is 5.75 Å². The van der Waals surface area contributed by atoms with Crippen molar-refractivity contribution in [2.45, 2.75) is 6.92 Å². The Morgan fingerprint density at radius 1 is 1.24 bits per heavy atom. The van der Waals surface area contributed by atoms with Crippen LogP contribution in [0.4, 0.5) is 5.69 Å². The molecule has 25 heavy (non-hydrogen) atoms. The minimum absolute atomic E-state index is 0.199. The predicted octanol–water partition coefficient (Wildman–Crippen LogP) is 5.20. The Hall–Kier alpha value is -1.95. The van der Waals surface area contributed by atoms with Gasteiger partial charge in [0, 0.05) is 0 Å². The molecule has 0 atom stereocenters. The molecular weight excluding hydrogens is 379 g/mol. The fourth-order valence-electron chi connectivity index (χ4n) is 2.31. The fourth-order valence-corrected chi connectivity index (χ4v) is 3.48. The Kier molecular flexibility index (Phi) is 5.37. The summed E-state index contributed by atoms with van der Waals surface area (Å²) in [4.78, 5) is 17.1. The van der Waals surface area contributed by atoms with Gasteiger partial charge in [-0.3, -0.25) is 4.79 Å². The molecule has 0 unspecified atom stereocenters. The molecule has 1 aliphatic rings. The van der Waals surface area contributed by atoms with E-state index in [1.165, 1.54) is 11.8 Å². The third kappa shape index (κ3) is 4.00. The Morgan fingerprint density at radius 3 is 2.76 bits per heavy atom. The maximum absolute atomic E-state index is 12.2. The van der Waals surface area contributed by atoms with Gasteiger partial charge in [-0.25, -0.2) is 4.99 Å². The van der Waals surface area contributed by atoms with Gasteiger partial charge < -0.3 is 10.1 Å². The molecule has 0 bridgehead atoms. The van der Waals surface area contributed by atoms with Crippen LogP contribution in [0.25, 0.3) is 6.08 Å². The first-order valence-corrected chi connectivity index (χ1v) is 8.93. The average molecular weight is 393 g/mol. The van der Waals surface area contributed by atoms with Gasteiger partial charge in [0.2, 0.25) is 0 Å². The van der Waals surface area contributed by atoms with Crippen molar-refractivity contribution >= 4 is 57.8 Å². The summed E-state index contributed by atoms with van der Waals surface area (Å²) in [6.07, 6.45) is 1.81.